The van der Waals surface area contributed by atoms with Crippen molar-refractivity contribution in [2.45, 2.75) is 82.5 Å². The molecule has 9 rings (SSSR count). The van der Waals surface area contributed by atoms with Crippen LogP contribution in [0.3, 0.4) is 0 Å². The van der Waals surface area contributed by atoms with E-state index in [-0.39, 0.29) is 12.3 Å². The normalized spacial score (nSPS) is 20.8. The highest BCUT2D eigenvalue weighted by Gasteiger charge is 2.67. The number of carbonyl (C=O) groups excluding carboxylic acids is 6. The molecular weight excluding hydrogens is 1140 g/mol. The van der Waals surface area contributed by atoms with Crippen LogP contribution in [-0.2, 0) is 80.0 Å². The number of hydrogen-bond acceptors (Lipinski definition) is 14. The number of nitrogens with one attached hydrogen (secondary N) is 3. The summed E-state index contributed by atoms with van der Waals surface area (Å²) >= 11 is 9.41. The third kappa shape index (κ3) is 15.4. The van der Waals surface area contributed by atoms with Crippen LogP contribution in [0, 0.1) is 23.2 Å². The van der Waals surface area contributed by atoms with Crippen molar-refractivity contribution in [2.24, 2.45) is 28.9 Å². The molecule has 6 aromatic carbocycles. The van der Waals surface area contributed by atoms with Crippen LogP contribution >= 0.6 is 27.5 Å². The molecule has 3 saturated carbocycles. The van der Waals surface area contributed by atoms with Gasteiger partial charge in [0.2, 0.25) is 23.6 Å². The third-order valence-corrected chi connectivity index (χ3v) is 15.2. The molecule has 0 heterocycles. The Kier molecular flexibility index (Phi) is 20.6. The van der Waals surface area contributed by atoms with Gasteiger partial charge in [0.15, 0.2) is 0 Å². The highest BCUT2D eigenvalue weighted by atomic mass is 79.9. The number of hydroxylamine groups is 3. The molecule has 0 spiro atoms. The lowest BCUT2D eigenvalue weighted by molar-refractivity contribution is -0.149. The van der Waals surface area contributed by atoms with Crippen LogP contribution in [0.1, 0.15) is 73.4 Å². The van der Waals surface area contributed by atoms with Crippen molar-refractivity contribution in [1.82, 2.24) is 16.4 Å². The predicted octanol–water partition coefficient (Wildman–Crippen LogP) is 9.01. The van der Waals surface area contributed by atoms with Gasteiger partial charge in [-0.2, -0.15) is 0 Å². The minimum Gasteiger partial charge on any atom is -0.493 e. The second kappa shape index (κ2) is 27.3. The number of carbonyl (C=O) groups is 6. The van der Waals surface area contributed by atoms with Gasteiger partial charge in [0, 0.05) is 15.9 Å². The summed E-state index contributed by atoms with van der Waals surface area (Å²) < 4.78 is 28.1. The zero-order chi connectivity index (χ0) is 59.2. The maximum Gasteiger partial charge on any atom is 0.317 e. The molecule has 3 fully saturated rings. The molecule has 0 aliphatic heterocycles. The zero-order valence-corrected chi connectivity index (χ0v) is 48.3. The zero-order valence-electron chi connectivity index (χ0n) is 45.9. The Morgan fingerprint density at radius 1 is 0.585 bits per heavy atom. The van der Waals surface area contributed by atoms with Crippen LogP contribution in [0.4, 0.5) is 0 Å². The van der Waals surface area contributed by atoms with Gasteiger partial charge in [0.1, 0.15) is 35.9 Å². The van der Waals surface area contributed by atoms with Gasteiger partial charge in [-0.15, -0.1) is 0 Å². The molecule has 6 atom stereocenters. The maximum atomic E-state index is 12.4. The summed E-state index contributed by atoms with van der Waals surface area (Å²) in [7, 11) is 2.58. The van der Waals surface area contributed by atoms with Crippen molar-refractivity contribution >= 4 is 63.1 Å². The largest absolute Gasteiger partial charge is 0.493 e. The summed E-state index contributed by atoms with van der Waals surface area (Å²) in [5.41, 5.74) is 13.2. The van der Waals surface area contributed by atoms with Crippen LogP contribution in [0.25, 0.3) is 0 Å². The molecule has 20 heteroatoms. The van der Waals surface area contributed by atoms with Crippen molar-refractivity contribution in [2.75, 3.05) is 20.8 Å². The molecule has 0 aromatic heterocycles. The van der Waals surface area contributed by atoms with Gasteiger partial charge in [-0.05, 0) is 140 Å². The third-order valence-electron chi connectivity index (χ3n) is 14.5. The highest BCUT2D eigenvalue weighted by Crippen LogP contribution is 2.57. The lowest BCUT2D eigenvalue weighted by Crippen LogP contribution is -2.38. The second-order valence-electron chi connectivity index (χ2n) is 21.1. The van der Waals surface area contributed by atoms with Gasteiger partial charge < -0.3 is 29.4 Å². The first-order valence-electron chi connectivity index (χ1n) is 26.3. The number of halogens is 2. The van der Waals surface area contributed by atoms with E-state index in [2.05, 4.69) is 21.4 Å². The van der Waals surface area contributed by atoms with E-state index in [0.717, 1.165) is 26.7 Å². The van der Waals surface area contributed by atoms with E-state index in [1.54, 1.807) is 59.5 Å². The highest BCUT2D eigenvalue weighted by molar-refractivity contribution is 9.10. The SMILES string of the molecule is CC(C)(C)ONC(=O)[C@H]1C[C@@]1(C(N)=O)c1ccc(OCc2ccccc2)cc1.COC(=O)[C@@]1(Cc2ccc(OCc3cccc(Br)c3)cc2)C[C@@H]1C(=O)NO.COC(=O)[C@]1(c2cccc(OCCc3cccc(Cl)c3)c2)C[C@H]1C(=O)NO. The summed E-state index contributed by atoms with van der Waals surface area (Å²) in [6.07, 6.45) is 2.04. The molecular formula is C62H66BrClN4O14. The first-order valence-corrected chi connectivity index (χ1v) is 27.4. The maximum absolute atomic E-state index is 12.4. The fourth-order valence-corrected chi connectivity index (χ4v) is 10.5. The molecule has 7 N–H and O–H groups in total. The number of ether oxygens (including phenoxy) is 5. The Bertz CT molecular complexity index is 3220. The van der Waals surface area contributed by atoms with E-state index in [1.165, 1.54) is 14.2 Å². The molecule has 432 valence electrons. The van der Waals surface area contributed by atoms with Gasteiger partial charge in [0.05, 0.1) is 55.0 Å². The fraction of sp³-hybridized carbons (Fsp3) is 0.323. The minimum atomic E-state index is -1.09. The quantitative estimate of drug-likeness (QED) is 0.0223. The number of esters is 2. The average Bonchev–Trinajstić information content (AvgIpc) is 4.05. The Hall–Kier alpha value is -7.81. The smallest absolute Gasteiger partial charge is 0.317 e. The summed E-state index contributed by atoms with van der Waals surface area (Å²) in [5, 5.41) is 18.4. The standard InChI is InChI=1S/C22H26N2O4.C20H20BrNO5.C20H20ClNO5/c1-21(2,3)28-24-19(25)18-13-22(18,20(23)26)16-9-11-17(12-10-16)27-14-15-7-5-4-6-8-15;1-26-19(24)20(11-17(20)18(23)22-25)10-13-5-7-16(8-6-13)27-12-14-3-2-4-15(21)9-14;1-26-19(24)20(12-17(20)18(23)22-25)14-5-3-7-16(11-14)27-9-8-13-4-2-6-15(21)10-13/h4-12,18H,13-14H2,1-3H3,(H2,23,26)(H,24,25);2-9,17,25H,10-12H2,1H3,(H,22,23);2-7,10-11,17,25H,8-9,12H2,1H3,(H,22,23)/t18-,22-;17-,20+;17-,20-/m110/s1. The summed E-state index contributed by atoms with van der Waals surface area (Å²) in [6.45, 7) is 6.83. The molecule has 0 saturated heterocycles. The van der Waals surface area contributed by atoms with Gasteiger partial charge in [-0.25, -0.2) is 16.4 Å². The van der Waals surface area contributed by atoms with Crippen LogP contribution in [0.2, 0.25) is 5.02 Å². The summed E-state index contributed by atoms with van der Waals surface area (Å²) in [6, 6.07) is 46.9. The van der Waals surface area contributed by atoms with E-state index in [4.69, 9.17) is 56.3 Å². The number of primary amides is 1. The molecule has 0 bridgehead atoms. The Morgan fingerprint density at radius 2 is 1.16 bits per heavy atom. The van der Waals surface area contributed by atoms with Gasteiger partial charge in [-0.3, -0.25) is 44.0 Å². The summed E-state index contributed by atoms with van der Waals surface area (Å²) in [5.74, 6) is -2.76. The lowest BCUT2D eigenvalue weighted by atomic mass is 9.92. The van der Waals surface area contributed by atoms with Crippen molar-refractivity contribution in [1.29, 1.82) is 0 Å². The van der Waals surface area contributed by atoms with Crippen LogP contribution in [0.15, 0.2) is 156 Å². The Labute approximate surface area is 488 Å². The van der Waals surface area contributed by atoms with Gasteiger partial charge in [-0.1, -0.05) is 119 Å². The molecule has 6 aromatic rings. The number of methoxy groups -OCH3 is 2. The number of nitrogens with two attached hydrogens (primary N) is 1. The van der Waals surface area contributed by atoms with Crippen molar-refractivity contribution in [3.05, 3.63) is 195 Å². The molecule has 3 aliphatic rings. The second-order valence-corrected chi connectivity index (χ2v) is 22.5. The Balaban J connectivity index is 0.000000177. The van der Waals surface area contributed by atoms with E-state index >= 15 is 0 Å². The van der Waals surface area contributed by atoms with Gasteiger partial charge in [0.25, 0.3) is 0 Å². The average molecular weight is 1210 g/mol. The van der Waals surface area contributed by atoms with Gasteiger partial charge >= 0.3 is 11.9 Å². The van der Waals surface area contributed by atoms with E-state index in [1.807, 2.05) is 124 Å². The first kappa shape index (κ1) is 61.8. The molecule has 18 nitrogen and oxygen atoms in total. The monoisotopic (exact) mass is 1200 g/mol. The van der Waals surface area contributed by atoms with Crippen LogP contribution in [-0.4, -0.2) is 72.4 Å². The van der Waals surface area contributed by atoms with Crippen molar-refractivity contribution in [3.63, 3.8) is 0 Å². The van der Waals surface area contributed by atoms with E-state index in [0.29, 0.717) is 78.9 Å². The lowest BCUT2D eigenvalue weighted by Gasteiger charge is -2.20. The number of hydrogen-bond donors (Lipinski definition) is 6. The van der Waals surface area contributed by atoms with E-state index in [9.17, 15) is 28.8 Å². The van der Waals surface area contributed by atoms with E-state index < -0.39 is 69.3 Å². The molecule has 4 amide bonds. The number of rotatable bonds is 21. The Morgan fingerprint density at radius 3 is 1.77 bits per heavy atom. The minimum absolute atomic E-state index is 0.276. The topological polar surface area (TPSA) is 260 Å². The molecule has 82 heavy (non-hydrogen) atoms. The van der Waals surface area contributed by atoms with Crippen LogP contribution < -0.4 is 36.4 Å². The number of benzene rings is 6. The van der Waals surface area contributed by atoms with Crippen LogP contribution in [0.5, 0.6) is 17.2 Å². The molecule has 0 unspecified atom stereocenters. The number of amides is 4. The van der Waals surface area contributed by atoms with Crippen molar-refractivity contribution in [3.8, 4) is 17.2 Å². The predicted molar refractivity (Wildman–Crippen MR) is 305 cm³/mol. The van der Waals surface area contributed by atoms with Crippen molar-refractivity contribution < 1.29 is 67.7 Å². The molecule has 3 aliphatic carbocycles. The fourth-order valence-electron chi connectivity index (χ4n) is 9.81. The molecule has 0 radical (unpaired) electrons. The summed E-state index contributed by atoms with van der Waals surface area (Å²) in [4.78, 5) is 77.9. The first-order chi connectivity index (χ1) is 39.2.